The van der Waals surface area contributed by atoms with E-state index < -0.39 is 0 Å². The normalized spacial score (nSPS) is 38.6. The quantitative estimate of drug-likeness (QED) is 0.918. The Kier molecular flexibility index (Phi) is 3.09. The second-order valence-electron chi connectivity index (χ2n) is 7.31. The summed E-state index contributed by atoms with van der Waals surface area (Å²) in [6.07, 6.45) is 8.40. The molecule has 0 amide bonds. The number of aromatic nitrogens is 3. The molecule has 20 heavy (non-hydrogen) atoms. The van der Waals surface area contributed by atoms with E-state index in [0.29, 0.717) is 12.5 Å². The molecular weight excluding hydrogens is 248 g/mol. The van der Waals surface area contributed by atoms with Crippen LogP contribution in [0.2, 0.25) is 0 Å². The van der Waals surface area contributed by atoms with Crippen LogP contribution in [-0.4, -0.2) is 15.0 Å². The van der Waals surface area contributed by atoms with Gasteiger partial charge in [0.25, 0.3) is 0 Å². The summed E-state index contributed by atoms with van der Waals surface area (Å²) >= 11 is 0. The van der Waals surface area contributed by atoms with Gasteiger partial charge in [0.2, 0.25) is 0 Å². The minimum atomic E-state index is 0.543. The monoisotopic (exact) mass is 274 g/mol. The van der Waals surface area contributed by atoms with E-state index in [2.05, 4.69) is 21.9 Å². The summed E-state index contributed by atoms with van der Waals surface area (Å²) in [4.78, 5) is 0. The van der Waals surface area contributed by atoms with Gasteiger partial charge in [-0.1, -0.05) is 12.1 Å². The Hall–Kier alpha value is -0.900. The first-order valence-corrected chi connectivity index (χ1v) is 8.42. The highest BCUT2D eigenvalue weighted by Crippen LogP contribution is 2.59. The molecule has 1 aromatic heterocycles. The number of nitrogens with two attached hydrogens (primary N) is 1. The Bertz CT molecular complexity index is 465. The van der Waals surface area contributed by atoms with Gasteiger partial charge < -0.3 is 5.73 Å². The first kappa shape index (κ1) is 12.8. The number of aryl methyl sites for hydroxylation is 1. The summed E-state index contributed by atoms with van der Waals surface area (Å²) in [7, 11) is 0. The summed E-state index contributed by atoms with van der Waals surface area (Å²) in [6, 6.07) is 0. The molecule has 0 atom stereocenters. The fourth-order valence-corrected chi connectivity index (χ4v) is 5.61. The van der Waals surface area contributed by atoms with Crippen molar-refractivity contribution < 1.29 is 0 Å². The lowest BCUT2D eigenvalue weighted by molar-refractivity contribution is -0.00595. The van der Waals surface area contributed by atoms with E-state index in [1.165, 1.54) is 37.8 Å². The van der Waals surface area contributed by atoms with Gasteiger partial charge in [-0.3, -0.25) is 0 Å². The Morgan fingerprint density at radius 3 is 2.30 bits per heavy atom. The maximum Gasteiger partial charge on any atom is 0.0997 e. The molecular formula is C16H26N4. The lowest BCUT2D eigenvalue weighted by Gasteiger charge is -2.54. The largest absolute Gasteiger partial charge is 0.325 e. The molecule has 1 heterocycles. The predicted molar refractivity (Wildman–Crippen MR) is 78.0 cm³/mol. The molecule has 4 bridgehead atoms. The van der Waals surface area contributed by atoms with Crippen LogP contribution in [0.1, 0.15) is 62.8 Å². The van der Waals surface area contributed by atoms with E-state index in [9.17, 15) is 0 Å². The Morgan fingerprint density at radius 2 is 1.75 bits per heavy atom. The number of nitrogens with zero attached hydrogens (tertiary/aromatic N) is 3. The molecule has 5 rings (SSSR count). The third kappa shape index (κ3) is 1.84. The van der Waals surface area contributed by atoms with Crippen LogP contribution >= 0.6 is 0 Å². The SMILES string of the molecule is CCCn1nnc(CN)c1C1C2CC3CC(C2)CC1C3. The first-order valence-electron chi connectivity index (χ1n) is 8.42. The standard InChI is InChI=1S/C16H26N4/c1-2-3-20-16(14(9-17)18-19-20)15-12-5-10-4-11(7-12)8-13(15)6-10/h10-13,15H,2-9,17H2,1H3. The zero-order chi connectivity index (χ0) is 13.7. The zero-order valence-electron chi connectivity index (χ0n) is 12.5. The smallest absolute Gasteiger partial charge is 0.0997 e. The average Bonchev–Trinajstić information content (AvgIpc) is 2.81. The molecule has 4 heteroatoms. The van der Waals surface area contributed by atoms with Gasteiger partial charge in [-0.15, -0.1) is 5.10 Å². The van der Waals surface area contributed by atoms with E-state index in [1.54, 1.807) is 0 Å². The van der Waals surface area contributed by atoms with Crippen molar-refractivity contribution in [3.8, 4) is 0 Å². The zero-order valence-corrected chi connectivity index (χ0v) is 12.5. The number of hydrogen-bond acceptors (Lipinski definition) is 3. The lowest BCUT2D eigenvalue weighted by atomic mass is 9.51. The third-order valence-corrected chi connectivity index (χ3v) is 6.02. The molecule has 0 unspecified atom stereocenters. The topological polar surface area (TPSA) is 56.7 Å². The summed E-state index contributed by atoms with van der Waals surface area (Å²) in [6.45, 7) is 3.75. The molecule has 2 N–H and O–H groups in total. The summed E-state index contributed by atoms with van der Waals surface area (Å²) in [5.41, 5.74) is 8.41. The van der Waals surface area contributed by atoms with Gasteiger partial charge in [-0.25, -0.2) is 4.68 Å². The molecule has 0 aromatic carbocycles. The van der Waals surface area contributed by atoms with Gasteiger partial charge in [-0.2, -0.15) is 0 Å². The van der Waals surface area contributed by atoms with Crippen LogP contribution in [0.5, 0.6) is 0 Å². The van der Waals surface area contributed by atoms with Crippen LogP contribution in [-0.2, 0) is 13.1 Å². The maximum atomic E-state index is 5.94. The van der Waals surface area contributed by atoms with Crippen LogP contribution in [0.3, 0.4) is 0 Å². The molecule has 0 radical (unpaired) electrons. The number of hydrogen-bond donors (Lipinski definition) is 1. The predicted octanol–water partition coefficient (Wildman–Crippen LogP) is 2.69. The molecule has 110 valence electrons. The molecule has 4 fully saturated rings. The van der Waals surface area contributed by atoms with E-state index in [1.807, 2.05) is 0 Å². The van der Waals surface area contributed by atoms with Gasteiger partial charge in [0.1, 0.15) is 0 Å². The van der Waals surface area contributed by atoms with Gasteiger partial charge in [0.15, 0.2) is 0 Å². The fraction of sp³-hybridized carbons (Fsp3) is 0.875. The second kappa shape index (κ2) is 4.83. The fourth-order valence-electron chi connectivity index (χ4n) is 5.61. The van der Waals surface area contributed by atoms with Crippen molar-refractivity contribution in [2.45, 2.75) is 64.5 Å². The van der Waals surface area contributed by atoms with Crippen molar-refractivity contribution in [2.24, 2.45) is 29.4 Å². The van der Waals surface area contributed by atoms with Crippen molar-refractivity contribution in [3.05, 3.63) is 11.4 Å². The number of rotatable bonds is 4. The molecule has 1 aromatic rings. The molecule has 4 aliphatic carbocycles. The minimum Gasteiger partial charge on any atom is -0.325 e. The summed E-state index contributed by atoms with van der Waals surface area (Å²) in [5, 5.41) is 8.77. The van der Waals surface area contributed by atoms with Gasteiger partial charge in [0, 0.05) is 19.0 Å². The Labute approximate surface area is 121 Å². The van der Waals surface area contributed by atoms with Crippen molar-refractivity contribution in [1.82, 2.24) is 15.0 Å². The average molecular weight is 274 g/mol. The van der Waals surface area contributed by atoms with Gasteiger partial charge in [0.05, 0.1) is 11.4 Å². The molecule has 4 saturated carbocycles. The van der Waals surface area contributed by atoms with Crippen LogP contribution in [0, 0.1) is 23.7 Å². The van der Waals surface area contributed by atoms with E-state index in [-0.39, 0.29) is 0 Å². The van der Waals surface area contributed by atoms with Crippen LogP contribution < -0.4 is 5.73 Å². The Balaban J connectivity index is 1.71. The van der Waals surface area contributed by atoms with Gasteiger partial charge >= 0.3 is 0 Å². The highest BCUT2D eigenvalue weighted by molar-refractivity contribution is 5.21. The van der Waals surface area contributed by atoms with E-state index >= 15 is 0 Å². The molecule has 4 aliphatic rings. The van der Waals surface area contributed by atoms with Crippen molar-refractivity contribution in [2.75, 3.05) is 0 Å². The second-order valence-corrected chi connectivity index (χ2v) is 7.31. The highest BCUT2D eigenvalue weighted by atomic mass is 15.4. The van der Waals surface area contributed by atoms with Crippen molar-refractivity contribution in [3.63, 3.8) is 0 Å². The summed E-state index contributed by atoms with van der Waals surface area (Å²) < 4.78 is 2.18. The maximum absolute atomic E-state index is 5.94. The lowest BCUT2D eigenvalue weighted by Crippen LogP contribution is -2.44. The Morgan fingerprint density at radius 1 is 1.10 bits per heavy atom. The minimum absolute atomic E-state index is 0.543. The van der Waals surface area contributed by atoms with Crippen molar-refractivity contribution >= 4 is 0 Å². The molecule has 0 aliphatic heterocycles. The van der Waals surface area contributed by atoms with Crippen molar-refractivity contribution in [1.29, 1.82) is 0 Å². The molecule has 0 spiro atoms. The van der Waals surface area contributed by atoms with Crippen LogP contribution in [0.4, 0.5) is 0 Å². The van der Waals surface area contributed by atoms with Crippen LogP contribution in [0.15, 0.2) is 0 Å². The highest BCUT2D eigenvalue weighted by Gasteiger charge is 2.50. The molecule has 0 saturated heterocycles. The van der Waals surface area contributed by atoms with E-state index in [4.69, 9.17) is 5.73 Å². The first-order chi connectivity index (χ1) is 9.80. The van der Waals surface area contributed by atoms with Gasteiger partial charge in [-0.05, 0) is 62.2 Å². The molecule has 4 nitrogen and oxygen atoms in total. The third-order valence-electron chi connectivity index (χ3n) is 6.02. The summed E-state index contributed by atoms with van der Waals surface area (Å²) in [5.74, 6) is 4.50. The van der Waals surface area contributed by atoms with E-state index in [0.717, 1.165) is 42.3 Å². The van der Waals surface area contributed by atoms with Crippen LogP contribution in [0.25, 0.3) is 0 Å².